The Morgan fingerprint density at radius 2 is 1.62 bits per heavy atom. The van der Waals surface area contributed by atoms with Gasteiger partial charge in [-0.3, -0.25) is 0 Å². The van der Waals surface area contributed by atoms with Crippen LogP contribution in [0, 0.1) is 11.8 Å². The predicted molar refractivity (Wildman–Crippen MR) is 75.4 cm³/mol. The van der Waals surface area contributed by atoms with Crippen molar-refractivity contribution in [1.82, 2.24) is 9.80 Å². The van der Waals surface area contributed by atoms with Crippen LogP contribution in [-0.2, 0) is 0 Å². The van der Waals surface area contributed by atoms with E-state index in [0.29, 0.717) is 0 Å². The van der Waals surface area contributed by atoms with Gasteiger partial charge in [-0.2, -0.15) is 12.6 Å². The number of hydrogen-bond donors (Lipinski definition) is 1. The topological polar surface area (TPSA) is 6.48 Å². The van der Waals surface area contributed by atoms with Crippen LogP contribution in [0.5, 0.6) is 0 Å². The Hall–Kier alpha value is 0.270. The van der Waals surface area contributed by atoms with Gasteiger partial charge in [-0.25, -0.2) is 0 Å². The molecule has 3 heteroatoms. The van der Waals surface area contributed by atoms with E-state index in [1.165, 1.54) is 45.7 Å². The van der Waals surface area contributed by atoms with Crippen molar-refractivity contribution in [3.63, 3.8) is 0 Å². The van der Waals surface area contributed by atoms with Crippen LogP contribution in [0.15, 0.2) is 0 Å². The largest absolute Gasteiger partial charge is 0.301 e. The lowest BCUT2D eigenvalue weighted by atomic mass is 9.97. The Morgan fingerprint density at radius 3 is 2.06 bits per heavy atom. The Kier molecular flexibility index (Phi) is 6.78. The number of thiol groups is 1. The van der Waals surface area contributed by atoms with E-state index in [-0.39, 0.29) is 0 Å². The third-order valence-electron chi connectivity index (χ3n) is 3.67. The summed E-state index contributed by atoms with van der Waals surface area (Å²) in [6, 6.07) is 0. The minimum absolute atomic E-state index is 0.751. The van der Waals surface area contributed by atoms with Gasteiger partial charge in [0, 0.05) is 32.7 Å². The van der Waals surface area contributed by atoms with Crippen molar-refractivity contribution in [3.05, 3.63) is 0 Å². The molecule has 0 bridgehead atoms. The quantitative estimate of drug-likeness (QED) is 0.716. The molecule has 1 saturated heterocycles. The highest BCUT2D eigenvalue weighted by atomic mass is 32.1. The fourth-order valence-electron chi connectivity index (χ4n) is 2.32. The second kappa shape index (κ2) is 7.57. The molecule has 1 aliphatic heterocycles. The zero-order valence-electron chi connectivity index (χ0n) is 11.2. The monoisotopic (exact) mass is 244 g/mol. The fourth-order valence-corrected chi connectivity index (χ4v) is 2.86. The van der Waals surface area contributed by atoms with Crippen LogP contribution in [0.25, 0.3) is 0 Å². The average Bonchev–Trinajstić information content (AvgIpc) is 2.28. The van der Waals surface area contributed by atoms with E-state index >= 15 is 0 Å². The lowest BCUT2D eigenvalue weighted by molar-refractivity contribution is 0.113. The lowest BCUT2D eigenvalue weighted by Gasteiger charge is -2.36. The van der Waals surface area contributed by atoms with Gasteiger partial charge in [0.1, 0.15) is 0 Å². The van der Waals surface area contributed by atoms with Gasteiger partial charge in [0.25, 0.3) is 0 Å². The van der Waals surface area contributed by atoms with Gasteiger partial charge in [-0.15, -0.1) is 0 Å². The molecule has 0 aromatic heterocycles. The van der Waals surface area contributed by atoms with E-state index in [2.05, 4.69) is 43.2 Å². The molecule has 0 N–H and O–H groups in total. The van der Waals surface area contributed by atoms with Gasteiger partial charge in [-0.05, 0) is 30.6 Å². The van der Waals surface area contributed by atoms with E-state index in [1.54, 1.807) is 0 Å². The number of rotatable bonds is 6. The average molecular weight is 244 g/mol. The maximum atomic E-state index is 4.47. The summed E-state index contributed by atoms with van der Waals surface area (Å²) in [5.41, 5.74) is 0. The first kappa shape index (κ1) is 14.3. The summed E-state index contributed by atoms with van der Waals surface area (Å²) >= 11 is 4.47. The van der Waals surface area contributed by atoms with Crippen LogP contribution < -0.4 is 0 Å². The van der Waals surface area contributed by atoms with Crippen molar-refractivity contribution in [3.8, 4) is 0 Å². The summed E-state index contributed by atoms with van der Waals surface area (Å²) in [7, 11) is 0. The van der Waals surface area contributed by atoms with Crippen molar-refractivity contribution in [2.45, 2.75) is 27.2 Å². The third-order valence-corrected chi connectivity index (χ3v) is 4.14. The summed E-state index contributed by atoms with van der Waals surface area (Å²) in [6.45, 7) is 14.4. The molecule has 0 radical (unpaired) electrons. The second-order valence-electron chi connectivity index (χ2n) is 5.33. The molecule has 0 spiro atoms. The molecule has 1 atom stereocenters. The fraction of sp³-hybridized carbons (Fsp3) is 1.00. The molecule has 16 heavy (non-hydrogen) atoms. The Labute approximate surface area is 107 Å². The van der Waals surface area contributed by atoms with E-state index in [4.69, 9.17) is 0 Å². The number of nitrogens with zero attached hydrogens (tertiary/aromatic N) is 2. The first-order chi connectivity index (χ1) is 7.67. The summed E-state index contributed by atoms with van der Waals surface area (Å²) < 4.78 is 0. The molecule has 1 aliphatic rings. The molecule has 0 aliphatic carbocycles. The second-order valence-corrected chi connectivity index (χ2v) is 5.69. The smallest absolute Gasteiger partial charge is 0.0110 e. The summed E-state index contributed by atoms with van der Waals surface area (Å²) in [6.07, 6.45) is 1.28. The molecule has 96 valence electrons. The normalized spacial score (nSPS) is 21.6. The zero-order valence-corrected chi connectivity index (χ0v) is 12.0. The zero-order chi connectivity index (χ0) is 12.0. The van der Waals surface area contributed by atoms with Gasteiger partial charge < -0.3 is 9.80 Å². The molecular weight excluding hydrogens is 216 g/mol. The summed E-state index contributed by atoms with van der Waals surface area (Å²) in [5.74, 6) is 2.53. The van der Waals surface area contributed by atoms with Crippen molar-refractivity contribution < 1.29 is 0 Å². The van der Waals surface area contributed by atoms with Crippen molar-refractivity contribution in [2.75, 3.05) is 45.0 Å². The molecule has 1 rings (SSSR count). The van der Waals surface area contributed by atoms with Gasteiger partial charge in [0.05, 0.1) is 0 Å². The Balaban J connectivity index is 2.25. The summed E-state index contributed by atoms with van der Waals surface area (Å²) in [4.78, 5) is 5.20. The molecular formula is C13H28N2S. The van der Waals surface area contributed by atoms with Crippen LogP contribution in [-0.4, -0.2) is 54.8 Å². The first-order valence-corrected chi connectivity index (χ1v) is 7.36. The van der Waals surface area contributed by atoms with Crippen molar-refractivity contribution in [2.24, 2.45) is 11.8 Å². The number of piperazine rings is 1. The molecule has 0 saturated carbocycles. The molecule has 1 fully saturated rings. The van der Waals surface area contributed by atoms with Gasteiger partial charge in [-0.1, -0.05) is 20.8 Å². The molecule has 2 nitrogen and oxygen atoms in total. The highest BCUT2D eigenvalue weighted by Crippen LogP contribution is 2.15. The Morgan fingerprint density at radius 1 is 1.06 bits per heavy atom. The standard InChI is InChI=1S/C13H28N2S/c1-4-5-14-6-8-15(9-7-14)10-13(11-16)12(2)3/h12-13,16H,4-11H2,1-3H3. The molecule has 0 amide bonds. The van der Waals surface area contributed by atoms with Crippen molar-refractivity contribution >= 4 is 12.6 Å². The molecule has 1 heterocycles. The van der Waals surface area contributed by atoms with Gasteiger partial charge in [0.2, 0.25) is 0 Å². The van der Waals surface area contributed by atoms with E-state index < -0.39 is 0 Å². The molecule has 0 aromatic carbocycles. The third kappa shape index (κ3) is 4.64. The van der Waals surface area contributed by atoms with E-state index in [1.807, 2.05) is 0 Å². The molecule has 1 unspecified atom stereocenters. The minimum Gasteiger partial charge on any atom is -0.301 e. The van der Waals surface area contributed by atoms with Crippen LogP contribution in [0.1, 0.15) is 27.2 Å². The maximum absolute atomic E-state index is 4.47. The highest BCUT2D eigenvalue weighted by Gasteiger charge is 2.20. The molecule has 0 aromatic rings. The van der Waals surface area contributed by atoms with Gasteiger partial charge >= 0.3 is 0 Å². The van der Waals surface area contributed by atoms with Crippen molar-refractivity contribution in [1.29, 1.82) is 0 Å². The highest BCUT2D eigenvalue weighted by molar-refractivity contribution is 7.80. The van der Waals surface area contributed by atoms with Crippen LogP contribution in [0.4, 0.5) is 0 Å². The van der Waals surface area contributed by atoms with E-state index in [9.17, 15) is 0 Å². The Bertz CT molecular complexity index is 177. The number of hydrogen-bond acceptors (Lipinski definition) is 3. The van der Waals surface area contributed by atoms with Gasteiger partial charge in [0.15, 0.2) is 0 Å². The van der Waals surface area contributed by atoms with Crippen LogP contribution in [0.3, 0.4) is 0 Å². The van der Waals surface area contributed by atoms with E-state index in [0.717, 1.165) is 17.6 Å². The summed E-state index contributed by atoms with van der Waals surface area (Å²) in [5, 5.41) is 0. The van der Waals surface area contributed by atoms with Crippen LogP contribution in [0.2, 0.25) is 0 Å². The lowest BCUT2D eigenvalue weighted by Crippen LogP contribution is -2.48. The maximum Gasteiger partial charge on any atom is 0.0110 e. The first-order valence-electron chi connectivity index (χ1n) is 6.73. The minimum atomic E-state index is 0.751. The predicted octanol–water partition coefficient (Wildman–Crippen LogP) is 2.22. The SMILES string of the molecule is CCCN1CCN(CC(CS)C(C)C)CC1. The van der Waals surface area contributed by atoms with Crippen LogP contribution >= 0.6 is 12.6 Å².